The number of carbonyl (C=O) groups excluding carboxylic acids is 1. The van der Waals surface area contributed by atoms with Crippen LogP contribution < -0.4 is 4.74 Å². The number of nitriles is 1. The van der Waals surface area contributed by atoms with Gasteiger partial charge in [-0.2, -0.15) is 5.26 Å². The standard InChI is InChI=1S/C20H18N2O3/c1-3-10-24-20(23)16-9-8-14-17(22-16)12-25-18-7-5-4-6-15(18)19(14)13(2)11-21/h4-9H,3,10,12H2,1-2H3/b19-13-. The maximum absolute atomic E-state index is 12.1. The molecule has 0 atom stereocenters. The minimum atomic E-state index is -0.450. The molecule has 5 nitrogen and oxygen atoms in total. The van der Waals surface area contributed by atoms with E-state index in [9.17, 15) is 10.1 Å². The highest BCUT2D eigenvalue weighted by Gasteiger charge is 2.23. The zero-order chi connectivity index (χ0) is 17.8. The van der Waals surface area contributed by atoms with Crippen LogP contribution in [-0.4, -0.2) is 17.6 Å². The molecule has 0 radical (unpaired) electrons. The Morgan fingerprint density at radius 1 is 1.28 bits per heavy atom. The molecule has 0 saturated carbocycles. The Bertz CT molecular complexity index is 894. The smallest absolute Gasteiger partial charge is 0.356 e. The van der Waals surface area contributed by atoms with E-state index in [2.05, 4.69) is 11.1 Å². The lowest BCUT2D eigenvalue weighted by atomic mass is 9.93. The van der Waals surface area contributed by atoms with E-state index < -0.39 is 5.97 Å². The summed E-state index contributed by atoms with van der Waals surface area (Å²) in [5.74, 6) is 0.245. The first-order chi connectivity index (χ1) is 12.2. The van der Waals surface area contributed by atoms with Gasteiger partial charge in [0.15, 0.2) is 0 Å². The van der Waals surface area contributed by atoms with Crippen LogP contribution in [0.2, 0.25) is 0 Å². The molecule has 126 valence electrons. The molecule has 5 heteroatoms. The summed E-state index contributed by atoms with van der Waals surface area (Å²) in [7, 11) is 0. The Morgan fingerprint density at radius 2 is 2.08 bits per heavy atom. The largest absolute Gasteiger partial charge is 0.487 e. The lowest BCUT2D eigenvalue weighted by molar-refractivity contribution is 0.0497. The first-order valence-corrected chi connectivity index (χ1v) is 8.16. The average molecular weight is 334 g/mol. The third-order valence-corrected chi connectivity index (χ3v) is 3.95. The molecule has 0 unspecified atom stereocenters. The third-order valence-electron chi connectivity index (χ3n) is 3.95. The van der Waals surface area contributed by atoms with Gasteiger partial charge in [-0.15, -0.1) is 0 Å². The molecule has 0 N–H and O–H groups in total. The average Bonchev–Trinajstić information content (AvgIpc) is 2.81. The van der Waals surface area contributed by atoms with E-state index in [4.69, 9.17) is 9.47 Å². The van der Waals surface area contributed by atoms with Crippen molar-refractivity contribution in [1.82, 2.24) is 4.98 Å². The van der Waals surface area contributed by atoms with E-state index in [1.54, 1.807) is 13.0 Å². The molecule has 2 aromatic rings. The molecule has 3 rings (SSSR count). The lowest BCUT2D eigenvalue weighted by Gasteiger charge is -2.11. The number of ether oxygens (including phenoxy) is 2. The number of para-hydroxylation sites is 1. The summed E-state index contributed by atoms with van der Waals surface area (Å²) in [5, 5.41) is 9.43. The fourth-order valence-electron chi connectivity index (χ4n) is 2.77. The highest BCUT2D eigenvalue weighted by atomic mass is 16.5. The first-order valence-electron chi connectivity index (χ1n) is 8.16. The van der Waals surface area contributed by atoms with Crippen molar-refractivity contribution in [3.8, 4) is 11.8 Å². The number of pyridine rings is 1. The fraction of sp³-hybridized carbons (Fsp3) is 0.250. The molecule has 0 spiro atoms. The number of carbonyl (C=O) groups is 1. The van der Waals surface area contributed by atoms with Crippen molar-refractivity contribution in [3.05, 3.63) is 64.5 Å². The van der Waals surface area contributed by atoms with Crippen LogP contribution in [0.15, 0.2) is 42.0 Å². The molecular weight excluding hydrogens is 316 g/mol. The number of fused-ring (bicyclic) bond motifs is 2. The van der Waals surface area contributed by atoms with Gasteiger partial charge in [0, 0.05) is 22.3 Å². The van der Waals surface area contributed by atoms with E-state index >= 15 is 0 Å². The normalized spacial score (nSPS) is 14.3. The summed E-state index contributed by atoms with van der Waals surface area (Å²) in [6.45, 7) is 4.29. The van der Waals surface area contributed by atoms with Gasteiger partial charge in [-0.3, -0.25) is 0 Å². The maximum Gasteiger partial charge on any atom is 0.356 e. The van der Waals surface area contributed by atoms with Crippen LogP contribution in [0.4, 0.5) is 0 Å². The van der Waals surface area contributed by atoms with Crippen molar-refractivity contribution in [2.24, 2.45) is 0 Å². The topological polar surface area (TPSA) is 72.2 Å². The van der Waals surface area contributed by atoms with Crippen molar-refractivity contribution < 1.29 is 14.3 Å². The second kappa shape index (κ2) is 7.18. The van der Waals surface area contributed by atoms with E-state index in [1.165, 1.54) is 0 Å². The Morgan fingerprint density at radius 3 is 2.84 bits per heavy atom. The molecule has 1 aliphatic rings. The third kappa shape index (κ3) is 3.24. The minimum absolute atomic E-state index is 0.226. The highest BCUT2D eigenvalue weighted by Crippen LogP contribution is 2.37. The zero-order valence-electron chi connectivity index (χ0n) is 14.2. The zero-order valence-corrected chi connectivity index (χ0v) is 14.2. The van der Waals surface area contributed by atoms with Crippen molar-refractivity contribution in [2.75, 3.05) is 6.61 Å². The number of benzene rings is 1. The summed E-state index contributed by atoms with van der Waals surface area (Å²) in [4.78, 5) is 16.5. The fourth-order valence-corrected chi connectivity index (χ4v) is 2.77. The molecule has 25 heavy (non-hydrogen) atoms. The van der Waals surface area contributed by atoms with Gasteiger partial charge in [-0.25, -0.2) is 9.78 Å². The number of esters is 1. The lowest BCUT2D eigenvalue weighted by Crippen LogP contribution is -2.11. The van der Waals surface area contributed by atoms with Gasteiger partial charge in [-0.1, -0.05) is 25.1 Å². The monoisotopic (exact) mass is 334 g/mol. The predicted molar refractivity (Wildman–Crippen MR) is 92.9 cm³/mol. The van der Waals surface area contributed by atoms with Gasteiger partial charge in [0.2, 0.25) is 0 Å². The van der Waals surface area contributed by atoms with Crippen LogP contribution in [0.1, 0.15) is 47.6 Å². The van der Waals surface area contributed by atoms with Gasteiger partial charge in [0.1, 0.15) is 18.1 Å². The Balaban J connectivity index is 2.11. The first kappa shape index (κ1) is 16.7. The Hall–Kier alpha value is -3.13. The van der Waals surface area contributed by atoms with Gasteiger partial charge in [-0.05, 0) is 31.5 Å². The minimum Gasteiger partial charge on any atom is -0.487 e. The van der Waals surface area contributed by atoms with Crippen molar-refractivity contribution >= 4 is 11.5 Å². The summed E-state index contributed by atoms with van der Waals surface area (Å²) >= 11 is 0. The molecule has 0 aliphatic carbocycles. The van der Waals surface area contributed by atoms with Crippen LogP contribution in [0.25, 0.3) is 5.57 Å². The van der Waals surface area contributed by atoms with Crippen LogP contribution in [0.3, 0.4) is 0 Å². The Labute approximate surface area is 146 Å². The Kier molecular flexibility index (Phi) is 4.80. The van der Waals surface area contributed by atoms with Crippen molar-refractivity contribution in [3.63, 3.8) is 0 Å². The second-order valence-corrected chi connectivity index (χ2v) is 5.72. The second-order valence-electron chi connectivity index (χ2n) is 5.72. The molecule has 0 amide bonds. The summed E-state index contributed by atoms with van der Waals surface area (Å²) < 4.78 is 11.0. The molecule has 1 aromatic carbocycles. The van der Waals surface area contributed by atoms with Crippen LogP contribution in [0, 0.1) is 11.3 Å². The number of nitrogens with zero attached hydrogens (tertiary/aromatic N) is 2. The van der Waals surface area contributed by atoms with Crippen LogP contribution in [-0.2, 0) is 11.3 Å². The predicted octanol–water partition coefficient (Wildman–Crippen LogP) is 3.89. The number of rotatable bonds is 3. The van der Waals surface area contributed by atoms with E-state index in [-0.39, 0.29) is 12.3 Å². The van der Waals surface area contributed by atoms with E-state index in [0.717, 1.165) is 23.1 Å². The molecular formula is C20H18N2O3. The summed E-state index contributed by atoms with van der Waals surface area (Å²) in [5.41, 5.74) is 3.87. The van der Waals surface area contributed by atoms with Gasteiger partial charge in [0.25, 0.3) is 0 Å². The number of aromatic nitrogens is 1. The van der Waals surface area contributed by atoms with Gasteiger partial charge >= 0.3 is 5.97 Å². The summed E-state index contributed by atoms with van der Waals surface area (Å²) in [6.07, 6.45) is 0.753. The molecule has 1 aromatic heterocycles. The highest BCUT2D eigenvalue weighted by molar-refractivity contribution is 5.90. The van der Waals surface area contributed by atoms with Crippen molar-refractivity contribution in [2.45, 2.75) is 26.9 Å². The number of hydrogen-bond donors (Lipinski definition) is 0. The van der Waals surface area contributed by atoms with Crippen LogP contribution in [0.5, 0.6) is 5.75 Å². The summed E-state index contributed by atoms with van der Waals surface area (Å²) in [6, 6.07) is 13.2. The quantitative estimate of drug-likeness (QED) is 0.629. The number of hydrogen-bond acceptors (Lipinski definition) is 5. The van der Waals surface area contributed by atoms with Crippen LogP contribution >= 0.6 is 0 Å². The maximum atomic E-state index is 12.1. The van der Waals surface area contributed by atoms with Gasteiger partial charge in [0.05, 0.1) is 18.4 Å². The molecule has 0 saturated heterocycles. The molecule has 1 aliphatic heterocycles. The molecule has 0 bridgehead atoms. The molecule has 2 heterocycles. The van der Waals surface area contributed by atoms with Gasteiger partial charge < -0.3 is 9.47 Å². The number of allylic oxidation sites excluding steroid dienone is 1. The molecule has 0 fully saturated rings. The SMILES string of the molecule is CCCOC(=O)c1ccc2c(n1)COc1ccccc1/C2=C(/C)C#N. The van der Waals surface area contributed by atoms with E-state index in [0.29, 0.717) is 23.6 Å². The van der Waals surface area contributed by atoms with Crippen molar-refractivity contribution in [1.29, 1.82) is 5.26 Å². The van der Waals surface area contributed by atoms with E-state index in [1.807, 2.05) is 37.3 Å².